The minimum atomic E-state index is -4.25. The number of urea groups is 1. The van der Waals surface area contributed by atoms with Gasteiger partial charge in [-0.3, -0.25) is 14.9 Å². The largest absolute Gasteiger partial charge is 0.378 e. The summed E-state index contributed by atoms with van der Waals surface area (Å²) in [4.78, 5) is 38.3. The molecule has 1 aliphatic heterocycles. The number of nitrogens with zero attached hydrogens (tertiary/aromatic N) is 1. The number of amides is 4. The number of rotatable bonds is 5. The molecule has 0 atom stereocenters. The van der Waals surface area contributed by atoms with Crippen LogP contribution in [0.25, 0.3) is 6.08 Å². The van der Waals surface area contributed by atoms with Gasteiger partial charge in [-0.15, -0.1) is 0 Å². The number of imide groups is 2. The molecule has 0 bridgehead atoms. The fourth-order valence-electron chi connectivity index (χ4n) is 3.24. The van der Waals surface area contributed by atoms with Crippen LogP contribution >= 0.6 is 15.9 Å². The van der Waals surface area contributed by atoms with Gasteiger partial charge in [0.05, 0.1) is 5.69 Å². The molecule has 1 heterocycles. The first-order valence-corrected chi connectivity index (χ1v) is 12.2. The molecule has 0 aromatic heterocycles. The zero-order chi connectivity index (χ0) is 25.3. The normalized spacial score (nSPS) is 15.3. The van der Waals surface area contributed by atoms with Crippen molar-refractivity contribution in [2.24, 2.45) is 0 Å². The van der Waals surface area contributed by atoms with E-state index < -0.39 is 39.4 Å². The molecule has 35 heavy (non-hydrogen) atoms. The van der Waals surface area contributed by atoms with Crippen LogP contribution in [-0.4, -0.2) is 26.3 Å². The SMILES string of the molecule is Cc1ccc(S(=O)(=O)Oc2ccc(Br)cc2/C=C2/C(=O)NC(=O)N(c3ccccc3F)C2=O)cc1. The lowest BCUT2D eigenvalue weighted by atomic mass is 10.1. The van der Waals surface area contributed by atoms with E-state index in [2.05, 4.69) is 15.9 Å². The van der Waals surface area contributed by atoms with E-state index in [9.17, 15) is 27.2 Å². The van der Waals surface area contributed by atoms with Gasteiger partial charge in [-0.05, 0) is 55.5 Å². The van der Waals surface area contributed by atoms with E-state index in [1.54, 1.807) is 19.1 Å². The first-order valence-electron chi connectivity index (χ1n) is 10.0. The summed E-state index contributed by atoms with van der Waals surface area (Å²) in [6.07, 6.45) is 1.07. The minimum absolute atomic E-state index is 0.0522. The number of carbonyl (C=O) groups is 3. The Labute approximate surface area is 208 Å². The Morgan fingerprint density at radius 3 is 2.37 bits per heavy atom. The second-order valence-electron chi connectivity index (χ2n) is 7.44. The van der Waals surface area contributed by atoms with E-state index in [1.165, 1.54) is 48.5 Å². The highest BCUT2D eigenvalue weighted by Gasteiger charge is 2.38. The van der Waals surface area contributed by atoms with Gasteiger partial charge in [0, 0.05) is 10.0 Å². The molecule has 3 aromatic carbocycles. The first kappa shape index (κ1) is 24.3. The number of benzene rings is 3. The number of carbonyl (C=O) groups excluding carboxylic acids is 3. The molecule has 178 valence electrons. The Bertz CT molecular complexity index is 1500. The molecule has 1 N–H and O–H groups in total. The van der Waals surface area contributed by atoms with Crippen molar-refractivity contribution in [3.63, 3.8) is 0 Å². The third-order valence-corrected chi connectivity index (χ3v) is 6.72. The Kier molecular flexibility index (Phi) is 6.55. The van der Waals surface area contributed by atoms with Gasteiger partial charge >= 0.3 is 16.1 Å². The highest BCUT2D eigenvalue weighted by molar-refractivity contribution is 9.10. The fourth-order valence-corrected chi connectivity index (χ4v) is 4.58. The van der Waals surface area contributed by atoms with E-state index in [-0.39, 0.29) is 21.9 Å². The highest BCUT2D eigenvalue weighted by atomic mass is 79.9. The number of nitrogens with one attached hydrogen (secondary N) is 1. The van der Waals surface area contributed by atoms with Gasteiger partial charge in [0.15, 0.2) is 0 Å². The van der Waals surface area contributed by atoms with Gasteiger partial charge in [0.25, 0.3) is 11.8 Å². The molecule has 11 heteroatoms. The zero-order valence-electron chi connectivity index (χ0n) is 18.0. The summed E-state index contributed by atoms with van der Waals surface area (Å²) in [6.45, 7) is 1.80. The molecule has 0 spiro atoms. The number of anilines is 1. The smallest absolute Gasteiger partial charge is 0.339 e. The van der Waals surface area contributed by atoms with Crippen LogP contribution in [0, 0.1) is 12.7 Å². The number of barbiturate groups is 1. The van der Waals surface area contributed by atoms with Crippen molar-refractivity contribution in [3.05, 3.63) is 93.7 Å². The maximum Gasteiger partial charge on any atom is 0.339 e. The Morgan fingerprint density at radius 2 is 1.69 bits per heavy atom. The second-order valence-corrected chi connectivity index (χ2v) is 9.90. The van der Waals surface area contributed by atoms with Crippen LogP contribution in [0.3, 0.4) is 0 Å². The fraction of sp³-hybridized carbons (Fsp3) is 0.0417. The average molecular weight is 559 g/mol. The molecule has 1 fully saturated rings. The van der Waals surface area contributed by atoms with Crippen molar-refractivity contribution in [3.8, 4) is 5.75 Å². The number of hydrogen-bond acceptors (Lipinski definition) is 6. The van der Waals surface area contributed by atoms with Crippen LogP contribution in [0.15, 0.2) is 81.7 Å². The van der Waals surface area contributed by atoms with E-state index in [0.29, 0.717) is 9.37 Å². The van der Waals surface area contributed by atoms with Gasteiger partial charge in [-0.2, -0.15) is 8.42 Å². The molecule has 1 aliphatic rings. The van der Waals surface area contributed by atoms with E-state index >= 15 is 0 Å². The van der Waals surface area contributed by atoms with Crippen molar-refractivity contribution in [1.29, 1.82) is 0 Å². The summed E-state index contributed by atoms with van der Waals surface area (Å²) in [5.74, 6) is -3.13. The monoisotopic (exact) mass is 558 g/mol. The molecule has 3 aromatic rings. The maximum absolute atomic E-state index is 14.3. The van der Waals surface area contributed by atoms with Crippen LogP contribution in [0.2, 0.25) is 0 Å². The van der Waals surface area contributed by atoms with Crippen LogP contribution in [-0.2, 0) is 19.7 Å². The van der Waals surface area contributed by atoms with Crippen LogP contribution in [0.5, 0.6) is 5.75 Å². The summed E-state index contributed by atoms with van der Waals surface area (Å²) in [5, 5.41) is 1.99. The minimum Gasteiger partial charge on any atom is -0.378 e. The summed E-state index contributed by atoms with van der Waals surface area (Å²) >= 11 is 3.26. The Morgan fingerprint density at radius 1 is 1.00 bits per heavy atom. The molecule has 4 amide bonds. The molecule has 0 unspecified atom stereocenters. The van der Waals surface area contributed by atoms with Gasteiger partial charge in [0.1, 0.15) is 22.0 Å². The van der Waals surface area contributed by atoms with Crippen LogP contribution < -0.4 is 14.4 Å². The van der Waals surface area contributed by atoms with Crippen LogP contribution in [0.4, 0.5) is 14.9 Å². The number of para-hydroxylation sites is 1. The Balaban J connectivity index is 1.76. The second kappa shape index (κ2) is 9.43. The topological polar surface area (TPSA) is 110 Å². The van der Waals surface area contributed by atoms with Crippen molar-refractivity contribution in [2.75, 3.05) is 4.90 Å². The highest BCUT2D eigenvalue weighted by Crippen LogP contribution is 2.30. The van der Waals surface area contributed by atoms with E-state index in [1.807, 2.05) is 5.32 Å². The van der Waals surface area contributed by atoms with E-state index in [4.69, 9.17) is 4.18 Å². The lowest BCUT2D eigenvalue weighted by molar-refractivity contribution is -0.122. The van der Waals surface area contributed by atoms with Crippen molar-refractivity contribution in [1.82, 2.24) is 5.32 Å². The van der Waals surface area contributed by atoms with E-state index in [0.717, 1.165) is 17.7 Å². The first-order chi connectivity index (χ1) is 16.6. The van der Waals surface area contributed by atoms with Gasteiger partial charge in [-0.25, -0.2) is 14.1 Å². The quantitative estimate of drug-likeness (QED) is 0.283. The van der Waals surface area contributed by atoms with Gasteiger partial charge in [-0.1, -0.05) is 45.8 Å². The van der Waals surface area contributed by atoms with Crippen molar-refractivity contribution in [2.45, 2.75) is 11.8 Å². The average Bonchev–Trinajstić information content (AvgIpc) is 2.79. The van der Waals surface area contributed by atoms with Crippen LogP contribution in [0.1, 0.15) is 11.1 Å². The van der Waals surface area contributed by atoms with Crippen molar-refractivity contribution >= 4 is 55.7 Å². The number of aryl methyl sites for hydroxylation is 1. The lowest BCUT2D eigenvalue weighted by Gasteiger charge is -2.26. The molecule has 8 nitrogen and oxygen atoms in total. The summed E-state index contributed by atoms with van der Waals surface area (Å²) < 4.78 is 45.7. The summed E-state index contributed by atoms with van der Waals surface area (Å²) in [5.41, 5.74) is 0.0368. The number of hydrogen-bond donors (Lipinski definition) is 1. The van der Waals surface area contributed by atoms with Crippen molar-refractivity contribution < 1.29 is 31.4 Å². The number of halogens is 2. The molecule has 4 rings (SSSR count). The predicted octanol–water partition coefficient (Wildman–Crippen LogP) is 4.33. The molecule has 1 saturated heterocycles. The van der Waals surface area contributed by atoms with Gasteiger partial charge in [0.2, 0.25) is 0 Å². The predicted molar refractivity (Wildman–Crippen MR) is 129 cm³/mol. The summed E-state index contributed by atoms with van der Waals surface area (Å²) in [6, 6.07) is 14.2. The standard InChI is InChI=1S/C24H16BrFN2O6S/c1-14-6-9-17(10-7-14)35(32,33)34-21-11-8-16(25)12-15(21)13-18-22(29)27-24(31)28(23(18)30)20-5-3-2-4-19(20)26/h2-13H,1H3,(H,27,29,31)/b18-13-. The Hall–Kier alpha value is -3.83. The third kappa shape index (κ3) is 5.00. The molecular formula is C24H16BrFN2O6S. The third-order valence-electron chi connectivity index (χ3n) is 4.98. The summed E-state index contributed by atoms with van der Waals surface area (Å²) in [7, 11) is -4.25. The molecule has 0 aliphatic carbocycles. The molecule has 0 radical (unpaired) electrons. The van der Waals surface area contributed by atoms with Gasteiger partial charge < -0.3 is 4.18 Å². The zero-order valence-corrected chi connectivity index (χ0v) is 20.4. The maximum atomic E-state index is 14.3. The lowest BCUT2D eigenvalue weighted by Crippen LogP contribution is -2.54. The molecule has 0 saturated carbocycles. The molecular weight excluding hydrogens is 543 g/mol.